The lowest BCUT2D eigenvalue weighted by atomic mass is 10.1. The Labute approximate surface area is 99.7 Å². The molecule has 0 aliphatic heterocycles. The first-order chi connectivity index (χ1) is 7.95. The van der Waals surface area contributed by atoms with Crippen molar-refractivity contribution in [1.82, 2.24) is 0 Å². The second-order valence-electron chi connectivity index (χ2n) is 3.89. The summed E-state index contributed by atoms with van der Waals surface area (Å²) in [6, 6.07) is 3.95. The largest absolute Gasteiger partial charge is 0.481 e. The van der Waals surface area contributed by atoms with Gasteiger partial charge in [0.2, 0.25) is 0 Å². The van der Waals surface area contributed by atoms with Gasteiger partial charge in [-0.3, -0.25) is 4.79 Å². The lowest BCUT2D eigenvalue weighted by Gasteiger charge is -2.15. The number of benzene rings is 1. The fourth-order valence-corrected chi connectivity index (χ4v) is 1.46. The Morgan fingerprint density at radius 1 is 1.53 bits per heavy atom. The van der Waals surface area contributed by atoms with Crippen molar-refractivity contribution in [2.45, 2.75) is 32.4 Å². The lowest BCUT2D eigenvalue weighted by Crippen LogP contribution is -2.33. The normalized spacial score (nSPS) is 14.1. The molecule has 0 saturated heterocycles. The first kappa shape index (κ1) is 13.4. The van der Waals surface area contributed by atoms with Crippen LogP contribution in [0.2, 0.25) is 0 Å². The molecule has 17 heavy (non-hydrogen) atoms. The van der Waals surface area contributed by atoms with Gasteiger partial charge in [0.05, 0.1) is 0 Å². The second-order valence-corrected chi connectivity index (χ2v) is 3.89. The molecule has 1 unspecified atom stereocenters. The van der Waals surface area contributed by atoms with Crippen LogP contribution in [0, 0.1) is 5.82 Å². The Hall–Kier alpha value is -1.62. The van der Waals surface area contributed by atoms with Gasteiger partial charge in [-0.25, -0.2) is 4.39 Å². The summed E-state index contributed by atoms with van der Waals surface area (Å²) in [6.07, 6.45) is -0.304. The fourth-order valence-electron chi connectivity index (χ4n) is 1.46. The lowest BCUT2D eigenvalue weighted by molar-refractivity contribution is -0.124. The zero-order valence-electron chi connectivity index (χ0n) is 9.94. The third kappa shape index (κ3) is 3.42. The molecule has 1 rings (SSSR count). The molecule has 0 bridgehead atoms. The number of halogens is 1. The predicted octanol–water partition coefficient (Wildman–Crippen LogP) is 1.49. The third-order valence-electron chi connectivity index (χ3n) is 2.43. The molecule has 0 saturated carbocycles. The maximum Gasteiger partial charge on any atom is 0.258 e. The predicted molar refractivity (Wildman–Crippen MR) is 62.9 cm³/mol. The SMILES string of the molecule is CCC(Oc1ccc([C@@H](C)N)c(F)c1)C(N)=O. The number of hydrogen-bond donors (Lipinski definition) is 2. The Bertz CT molecular complexity index is 407. The van der Waals surface area contributed by atoms with E-state index in [1.165, 1.54) is 6.07 Å². The summed E-state index contributed by atoms with van der Waals surface area (Å²) in [5, 5.41) is 0. The van der Waals surface area contributed by atoms with Gasteiger partial charge in [-0.15, -0.1) is 0 Å². The number of carbonyl (C=O) groups excluding carboxylic acids is 1. The van der Waals surface area contributed by atoms with Crippen LogP contribution in [0.15, 0.2) is 18.2 Å². The van der Waals surface area contributed by atoms with E-state index >= 15 is 0 Å². The van der Waals surface area contributed by atoms with E-state index in [0.717, 1.165) is 0 Å². The number of primary amides is 1. The van der Waals surface area contributed by atoms with Crippen LogP contribution in [0.5, 0.6) is 5.75 Å². The van der Waals surface area contributed by atoms with Gasteiger partial charge in [-0.05, 0) is 19.4 Å². The Morgan fingerprint density at radius 3 is 2.59 bits per heavy atom. The minimum atomic E-state index is -0.740. The van der Waals surface area contributed by atoms with E-state index in [-0.39, 0.29) is 11.8 Å². The van der Waals surface area contributed by atoms with Crippen LogP contribution in [-0.4, -0.2) is 12.0 Å². The second kappa shape index (κ2) is 5.63. The van der Waals surface area contributed by atoms with Crippen LogP contribution < -0.4 is 16.2 Å². The standard InChI is InChI=1S/C12H17FN2O2/c1-3-11(12(15)16)17-8-4-5-9(7(2)14)10(13)6-8/h4-7,11H,3,14H2,1-2H3,(H2,15,16)/t7-,11?/m1/s1. The molecule has 0 spiro atoms. The van der Waals surface area contributed by atoms with E-state index < -0.39 is 17.8 Å². The van der Waals surface area contributed by atoms with Crippen molar-refractivity contribution in [3.63, 3.8) is 0 Å². The zero-order chi connectivity index (χ0) is 13.0. The van der Waals surface area contributed by atoms with Crippen molar-refractivity contribution in [2.24, 2.45) is 11.5 Å². The monoisotopic (exact) mass is 240 g/mol. The van der Waals surface area contributed by atoms with Gasteiger partial charge in [0.1, 0.15) is 11.6 Å². The van der Waals surface area contributed by atoms with Crippen LogP contribution in [0.4, 0.5) is 4.39 Å². The van der Waals surface area contributed by atoms with Crippen LogP contribution in [0.1, 0.15) is 31.9 Å². The molecule has 1 aromatic rings. The maximum atomic E-state index is 13.6. The minimum absolute atomic E-state index is 0.276. The molecule has 5 heteroatoms. The van der Waals surface area contributed by atoms with Crippen LogP contribution in [0.25, 0.3) is 0 Å². The van der Waals surface area contributed by atoms with Crippen molar-refractivity contribution in [3.8, 4) is 5.75 Å². The van der Waals surface area contributed by atoms with Gasteiger partial charge in [0.25, 0.3) is 5.91 Å². The van der Waals surface area contributed by atoms with Crippen molar-refractivity contribution in [1.29, 1.82) is 0 Å². The molecule has 0 aliphatic rings. The molecular formula is C12H17FN2O2. The van der Waals surface area contributed by atoms with Crippen molar-refractivity contribution in [2.75, 3.05) is 0 Å². The molecule has 94 valence electrons. The number of rotatable bonds is 5. The average Bonchev–Trinajstić information content (AvgIpc) is 2.24. The van der Waals surface area contributed by atoms with E-state index in [1.54, 1.807) is 26.0 Å². The number of carbonyl (C=O) groups is 1. The topological polar surface area (TPSA) is 78.3 Å². The van der Waals surface area contributed by atoms with Gasteiger partial charge in [-0.1, -0.05) is 13.0 Å². The third-order valence-corrected chi connectivity index (χ3v) is 2.43. The van der Waals surface area contributed by atoms with Gasteiger partial charge >= 0.3 is 0 Å². The summed E-state index contributed by atoms with van der Waals surface area (Å²) in [5.41, 5.74) is 11.1. The first-order valence-corrected chi connectivity index (χ1v) is 5.46. The van der Waals surface area contributed by atoms with Gasteiger partial charge in [0, 0.05) is 17.7 Å². The summed E-state index contributed by atoms with van der Waals surface area (Å²) in [5.74, 6) is -0.737. The van der Waals surface area contributed by atoms with E-state index in [9.17, 15) is 9.18 Å². The highest BCUT2D eigenvalue weighted by Gasteiger charge is 2.16. The van der Waals surface area contributed by atoms with E-state index in [1.807, 2.05) is 0 Å². The average molecular weight is 240 g/mol. The number of hydrogen-bond acceptors (Lipinski definition) is 3. The summed E-state index contributed by atoms with van der Waals surface area (Å²) in [6.45, 7) is 3.46. The maximum absolute atomic E-state index is 13.6. The Balaban J connectivity index is 2.87. The number of ether oxygens (including phenoxy) is 1. The quantitative estimate of drug-likeness (QED) is 0.818. The molecule has 1 aromatic carbocycles. The molecule has 4 N–H and O–H groups in total. The van der Waals surface area contributed by atoms with Crippen molar-refractivity contribution < 1.29 is 13.9 Å². The van der Waals surface area contributed by atoms with E-state index in [4.69, 9.17) is 16.2 Å². The summed E-state index contributed by atoms with van der Waals surface area (Å²) in [7, 11) is 0. The fraction of sp³-hybridized carbons (Fsp3) is 0.417. The molecule has 0 aromatic heterocycles. The van der Waals surface area contributed by atoms with Gasteiger partial charge in [0.15, 0.2) is 6.10 Å². The molecule has 0 heterocycles. The summed E-state index contributed by atoms with van der Waals surface area (Å²) in [4.78, 5) is 11.0. The van der Waals surface area contributed by atoms with Crippen molar-refractivity contribution in [3.05, 3.63) is 29.6 Å². The van der Waals surface area contributed by atoms with Crippen LogP contribution in [-0.2, 0) is 4.79 Å². The molecule has 0 fully saturated rings. The molecule has 2 atom stereocenters. The van der Waals surface area contributed by atoms with Gasteiger partial charge in [-0.2, -0.15) is 0 Å². The molecule has 0 aliphatic carbocycles. The van der Waals surface area contributed by atoms with E-state index in [0.29, 0.717) is 12.0 Å². The van der Waals surface area contributed by atoms with Gasteiger partial charge < -0.3 is 16.2 Å². The molecule has 1 amide bonds. The molecule has 4 nitrogen and oxygen atoms in total. The highest BCUT2D eigenvalue weighted by Crippen LogP contribution is 2.21. The highest BCUT2D eigenvalue weighted by atomic mass is 19.1. The zero-order valence-corrected chi connectivity index (χ0v) is 9.94. The van der Waals surface area contributed by atoms with Crippen LogP contribution in [0.3, 0.4) is 0 Å². The molecule has 0 radical (unpaired) electrons. The first-order valence-electron chi connectivity index (χ1n) is 5.46. The Kier molecular flexibility index (Phi) is 4.45. The van der Waals surface area contributed by atoms with Crippen molar-refractivity contribution >= 4 is 5.91 Å². The highest BCUT2D eigenvalue weighted by molar-refractivity contribution is 5.79. The number of amides is 1. The Morgan fingerprint density at radius 2 is 2.18 bits per heavy atom. The summed E-state index contributed by atoms with van der Waals surface area (Å²) < 4.78 is 18.9. The van der Waals surface area contributed by atoms with E-state index in [2.05, 4.69) is 0 Å². The smallest absolute Gasteiger partial charge is 0.258 e. The number of nitrogens with two attached hydrogens (primary N) is 2. The molecular weight excluding hydrogens is 223 g/mol. The summed E-state index contributed by atoms with van der Waals surface area (Å²) >= 11 is 0. The van der Waals surface area contributed by atoms with Crippen LogP contribution >= 0.6 is 0 Å². The minimum Gasteiger partial charge on any atom is -0.481 e.